The fourth-order valence-corrected chi connectivity index (χ4v) is 4.77. The van der Waals surface area contributed by atoms with Crippen LogP contribution in [0.3, 0.4) is 0 Å². The van der Waals surface area contributed by atoms with E-state index in [2.05, 4.69) is 39.5 Å². The summed E-state index contributed by atoms with van der Waals surface area (Å²) in [7, 11) is 1.92. The van der Waals surface area contributed by atoms with Gasteiger partial charge in [-0.05, 0) is 56.7 Å². The van der Waals surface area contributed by atoms with Gasteiger partial charge in [0.1, 0.15) is 17.0 Å². The maximum atomic E-state index is 13.4. The Morgan fingerprint density at radius 1 is 0.950 bits per heavy atom. The Morgan fingerprint density at radius 3 is 2.38 bits per heavy atom. The van der Waals surface area contributed by atoms with Crippen molar-refractivity contribution < 1.29 is 19.1 Å². The lowest BCUT2D eigenvalue weighted by atomic mass is 10.2. The van der Waals surface area contributed by atoms with E-state index in [1.54, 1.807) is 32.9 Å². The lowest BCUT2D eigenvalue weighted by molar-refractivity contribution is 0.0616. The van der Waals surface area contributed by atoms with Crippen LogP contribution in [-0.2, 0) is 18.3 Å². The quantitative estimate of drug-likeness (QED) is 0.338. The van der Waals surface area contributed by atoms with Gasteiger partial charge >= 0.3 is 6.09 Å². The summed E-state index contributed by atoms with van der Waals surface area (Å²) in [6, 6.07) is 21.4. The monoisotopic (exact) mass is 541 g/mol. The van der Waals surface area contributed by atoms with Crippen LogP contribution < -0.4 is 10.1 Å². The molecule has 0 unspecified atom stereocenters. The summed E-state index contributed by atoms with van der Waals surface area (Å²) >= 11 is 0. The smallest absolute Gasteiger partial charge is 0.412 e. The summed E-state index contributed by atoms with van der Waals surface area (Å²) in [5.41, 5.74) is 2.81. The molecule has 1 aliphatic heterocycles. The van der Waals surface area contributed by atoms with E-state index in [4.69, 9.17) is 9.47 Å². The number of amides is 2. The number of aryl methyl sites for hydroxylation is 1. The van der Waals surface area contributed by atoms with Gasteiger partial charge in [0.2, 0.25) is 5.88 Å². The molecule has 5 rings (SSSR count). The third kappa shape index (κ3) is 6.60. The van der Waals surface area contributed by atoms with E-state index >= 15 is 0 Å². The molecule has 0 aliphatic carbocycles. The Bertz CT molecular complexity index is 1480. The largest absolute Gasteiger partial charge is 0.444 e. The van der Waals surface area contributed by atoms with Gasteiger partial charge < -0.3 is 18.9 Å². The van der Waals surface area contributed by atoms with Crippen LogP contribution in [0.1, 0.15) is 36.8 Å². The fourth-order valence-electron chi connectivity index (χ4n) is 4.77. The highest BCUT2D eigenvalue weighted by molar-refractivity contribution is 5.99. The second-order valence-electron chi connectivity index (χ2n) is 11.0. The molecule has 2 amide bonds. The van der Waals surface area contributed by atoms with Crippen molar-refractivity contribution in [2.24, 2.45) is 7.05 Å². The van der Waals surface area contributed by atoms with Gasteiger partial charge in [-0.2, -0.15) is 0 Å². The molecule has 3 heterocycles. The predicted molar refractivity (Wildman–Crippen MR) is 155 cm³/mol. The first-order valence-electron chi connectivity index (χ1n) is 13.4. The lowest BCUT2D eigenvalue weighted by Gasteiger charge is -2.34. The summed E-state index contributed by atoms with van der Waals surface area (Å²) in [4.78, 5) is 34.0. The highest BCUT2D eigenvalue weighted by Gasteiger charge is 2.25. The number of hydrogen-bond acceptors (Lipinski definition) is 6. The number of pyridine rings is 1. The number of hydrogen-bond donors (Lipinski definition) is 1. The minimum Gasteiger partial charge on any atom is -0.444 e. The number of aromatic nitrogens is 2. The summed E-state index contributed by atoms with van der Waals surface area (Å²) in [5, 5.41) is 3.56. The maximum absolute atomic E-state index is 13.4. The molecule has 0 spiro atoms. The Hall–Kier alpha value is -4.37. The fraction of sp³-hybridized carbons (Fsp3) is 0.323. The number of ether oxygens (including phenoxy) is 2. The number of anilines is 1. The van der Waals surface area contributed by atoms with Crippen molar-refractivity contribution in [2.45, 2.75) is 32.9 Å². The van der Waals surface area contributed by atoms with Crippen LogP contribution in [0, 0.1) is 0 Å². The highest BCUT2D eigenvalue weighted by Crippen LogP contribution is 2.28. The third-order valence-electron chi connectivity index (χ3n) is 6.75. The van der Waals surface area contributed by atoms with Crippen LogP contribution in [0.25, 0.3) is 10.9 Å². The van der Waals surface area contributed by atoms with Crippen molar-refractivity contribution >= 4 is 28.6 Å². The summed E-state index contributed by atoms with van der Waals surface area (Å²) in [6.45, 7) is 9.41. The molecule has 9 nitrogen and oxygen atoms in total. The molecule has 1 aliphatic rings. The van der Waals surface area contributed by atoms with Crippen LogP contribution >= 0.6 is 0 Å². The number of benzene rings is 2. The van der Waals surface area contributed by atoms with Gasteiger partial charge in [0.15, 0.2) is 0 Å². The van der Waals surface area contributed by atoms with Crippen LogP contribution in [-0.4, -0.2) is 63.1 Å². The zero-order chi connectivity index (χ0) is 28.3. The molecular formula is C31H35N5O4. The molecule has 9 heteroatoms. The summed E-state index contributed by atoms with van der Waals surface area (Å²) < 4.78 is 13.1. The number of rotatable bonds is 6. The molecule has 1 fully saturated rings. The van der Waals surface area contributed by atoms with Crippen molar-refractivity contribution in [3.8, 4) is 11.6 Å². The summed E-state index contributed by atoms with van der Waals surface area (Å²) in [5.74, 6) is 1.02. The van der Waals surface area contributed by atoms with Crippen molar-refractivity contribution in [2.75, 3.05) is 31.5 Å². The van der Waals surface area contributed by atoms with Gasteiger partial charge in [0, 0.05) is 56.7 Å². The number of carbonyl (C=O) groups is 2. The van der Waals surface area contributed by atoms with E-state index in [-0.39, 0.29) is 5.91 Å². The lowest BCUT2D eigenvalue weighted by Crippen LogP contribution is -2.48. The number of carbonyl (C=O) groups excluding carboxylic acids is 2. The predicted octanol–water partition coefficient (Wildman–Crippen LogP) is 5.67. The van der Waals surface area contributed by atoms with E-state index in [1.807, 2.05) is 46.8 Å². The number of nitrogens with zero attached hydrogens (tertiary/aromatic N) is 4. The van der Waals surface area contributed by atoms with Gasteiger partial charge in [0.25, 0.3) is 5.91 Å². The second-order valence-corrected chi connectivity index (χ2v) is 11.0. The first kappa shape index (κ1) is 27.2. The molecule has 0 atom stereocenters. The van der Waals surface area contributed by atoms with Gasteiger partial charge in [-0.1, -0.05) is 30.3 Å². The second kappa shape index (κ2) is 11.4. The molecule has 1 N–H and O–H groups in total. The number of fused-ring (bicyclic) bond motifs is 1. The van der Waals surface area contributed by atoms with E-state index in [0.29, 0.717) is 36.1 Å². The first-order chi connectivity index (χ1) is 19.1. The standard InChI is InChI=1S/C31H35N5O4/c1-31(2,3)40-30(38)33-24-10-13-28(32-20-24)39-25-11-12-26-23(18-25)19-27(34(26)4)29(37)36-16-14-35(15-17-36)21-22-8-6-5-7-9-22/h5-13,18-20H,14-17,21H2,1-4H3,(H,33,38). The Balaban J connectivity index is 1.21. The Kier molecular flexibility index (Phi) is 7.75. The topological polar surface area (TPSA) is 88.9 Å². The van der Waals surface area contributed by atoms with Crippen molar-refractivity contribution in [3.63, 3.8) is 0 Å². The molecule has 208 valence electrons. The average molecular weight is 542 g/mol. The number of nitrogens with one attached hydrogen (secondary N) is 1. The van der Waals surface area contributed by atoms with Gasteiger partial charge in [0.05, 0.1) is 11.9 Å². The third-order valence-corrected chi connectivity index (χ3v) is 6.75. The van der Waals surface area contributed by atoms with E-state index in [9.17, 15) is 9.59 Å². The van der Waals surface area contributed by atoms with E-state index in [0.717, 1.165) is 30.5 Å². The normalized spacial score (nSPS) is 14.2. The van der Waals surface area contributed by atoms with Gasteiger partial charge in [-0.3, -0.25) is 15.0 Å². The zero-order valence-corrected chi connectivity index (χ0v) is 23.4. The molecule has 1 saturated heterocycles. The molecule has 40 heavy (non-hydrogen) atoms. The van der Waals surface area contributed by atoms with Crippen molar-refractivity contribution in [1.29, 1.82) is 0 Å². The zero-order valence-electron chi connectivity index (χ0n) is 23.4. The average Bonchev–Trinajstić information content (AvgIpc) is 3.25. The number of piperazine rings is 1. The Labute approximate surface area is 234 Å². The minimum atomic E-state index is -0.585. The molecule has 4 aromatic rings. The van der Waals surface area contributed by atoms with Crippen LogP contribution in [0.2, 0.25) is 0 Å². The van der Waals surface area contributed by atoms with Crippen LogP contribution in [0.4, 0.5) is 10.5 Å². The molecule has 0 bridgehead atoms. The van der Waals surface area contributed by atoms with Crippen LogP contribution in [0.15, 0.2) is 72.9 Å². The van der Waals surface area contributed by atoms with E-state index < -0.39 is 11.7 Å². The van der Waals surface area contributed by atoms with Crippen molar-refractivity contribution in [1.82, 2.24) is 19.4 Å². The summed E-state index contributed by atoms with van der Waals surface area (Å²) in [6.07, 6.45) is 0.966. The minimum absolute atomic E-state index is 0.0373. The molecular weight excluding hydrogens is 506 g/mol. The van der Waals surface area contributed by atoms with Crippen LogP contribution in [0.5, 0.6) is 11.6 Å². The molecule has 0 saturated carbocycles. The van der Waals surface area contributed by atoms with Crippen molar-refractivity contribution in [3.05, 3.63) is 84.2 Å². The van der Waals surface area contributed by atoms with Gasteiger partial charge in [-0.15, -0.1) is 0 Å². The molecule has 2 aromatic carbocycles. The first-order valence-corrected chi connectivity index (χ1v) is 13.4. The highest BCUT2D eigenvalue weighted by atomic mass is 16.6. The SMILES string of the molecule is Cn1c(C(=O)N2CCN(Cc3ccccc3)CC2)cc2cc(Oc3ccc(NC(=O)OC(C)(C)C)cn3)ccc21. The van der Waals surface area contributed by atoms with E-state index in [1.165, 1.54) is 11.8 Å². The molecule has 0 radical (unpaired) electrons. The van der Waals surface area contributed by atoms with Gasteiger partial charge in [-0.25, -0.2) is 9.78 Å². The molecule has 2 aromatic heterocycles. The maximum Gasteiger partial charge on any atom is 0.412 e. The Morgan fingerprint density at radius 2 is 1.70 bits per heavy atom.